The van der Waals surface area contributed by atoms with E-state index in [0.29, 0.717) is 12.1 Å². The topological polar surface area (TPSA) is 20.3 Å². The predicted octanol–water partition coefficient (Wildman–Crippen LogP) is 4.03. The van der Waals surface area contributed by atoms with E-state index < -0.39 is 0 Å². The van der Waals surface area contributed by atoms with Gasteiger partial charge in [-0.3, -0.25) is 4.79 Å². The molecule has 20 heavy (non-hydrogen) atoms. The fourth-order valence-electron chi connectivity index (χ4n) is 1.88. The van der Waals surface area contributed by atoms with Crippen LogP contribution in [0.15, 0.2) is 85.6 Å². The summed E-state index contributed by atoms with van der Waals surface area (Å²) in [4.78, 5) is 14.2. The summed E-state index contributed by atoms with van der Waals surface area (Å²) in [5.41, 5.74) is 1.77. The van der Waals surface area contributed by atoms with E-state index in [1.165, 1.54) is 0 Å². The number of rotatable bonds is 5. The van der Waals surface area contributed by atoms with Gasteiger partial charge in [0.25, 0.3) is 5.91 Å². The van der Waals surface area contributed by atoms with E-state index in [0.717, 1.165) is 5.56 Å². The lowest BCUT2D eigenvalue weighted by Gasteiger charge is -2.18. The van der Waals surface area contributed by atoms with Gasteiger partial charge in [-0.2, -0.15) is 0 Å². The molecule has 2 aromatic carbocycles. The maximum absolute atomic E-state index is 12.5. The molecule has 2 nitrogen and oxygen atoms in total. The number of amides is 1. The van der Waals surface area contributed by atoms with Gasteiger partial charge < -0.3 is 4.90 Å². The van der Waals surface area contributed by atoms with Gasteiger partial charge >= 0.3 is 0 Å². The van der Waals surface area contributed by atoms with Crippen LogP contribution >= 0.6 is 0 Å². The van der Waals surface area contributed by atoms with Crippen molar-refractivity contribution >= 4 is 5.91 Å². The van der Waals surface area contributed by atoms with Gasteiger partial charge in [-0.15, -0.1) is 0 Å². The smallest absolute Gasteiger partial charge is 0.258 e. The molecule has 2 rings (SSSR count). The maximum atomic E-state index is 12.5. The molecule has 2 aromatic rings. The van der Waals surface area contributed by atoms with Gasteiger partial charge in [-0.05, 0) is 23.8 Å². The van der Waals surface area contributed by atoms with Gasteiger partial charge in [0.15, 0.2) is 0 Å². The fourth-order valence-corrected chi connectivity index (χ4v) is 1.88. The van der Waals surface area contributed by atoms with Crippen LogP contribution in [-0.2, 0) is 6.54 Å². The van der Waals surface area contributed by atoms with Crippen molar-refractivity contribution in [2.75, 3.05) is 0 Å². The average molecular weight is 263 g/mol. The number of hydrogen-bond donors (Lipinski definition) is 0. The van der Waals surface area contributed by atoms with Gasteiger partial charge in [-0.25, -0.2) is 0 Å². The quantitative estimate of drug-likeness (QED) is 0.746. The Hall–Kier alpha value is -2.61. The number of allylic oxidation sites excluding steroid dienone is 2. The van der Waals surface area contributed by atoms with Crippen molar-refractivity contribution in [2.45, 2.75) is 6.54 Å². The molecule has 0 saturated carbocycles. The minimum atomic E-state index is -0.0208. The molecule has 2 heteroatoms. The first-order valence-corrected chi connectivity index (χ1v) is 6.50. The van der Waals surface area contributed by atoms with Crippen LogP contribution in [-0.4, -0.2) is 10.8 Å². The number of carbonyl (C=O) groups is 1. The molecular formula is C18H17NO. The Balaban J connectivity index is 2.21. The second-order valence-electron chi connectivity index (χ2n) is 4.36. The molecule has 1 amide bonds. The number of benzene rings is 2. The molecule has 0 unspecified atom stereocenters. The molecule has 0 aliphatic carbocycles. The van der Waals surface area contributed by atoms with Gasteiger partial charge in [0.05, 0.1) is 6.54 Å². The van der Waals surface area contributed by atoms with Gasteiger partial charge in [0.1, 0.15) is 0 Å². The minimum Gasteiger partial charge on any atom is -0.311 e. The van der Waals surface area contributed by atoms with Crippen molar-refractivity contribution in [3.05, 3.63) is 96.7 Å². The van der Waals surface area contributed by atoms with E-state index in [1.54, 1.807) is 23.3 Å². The zero-order valence-corrected chi connectivity index (χ0v) is 11.3. The molecule has 0 spiro atoms. The normalized spacial score (nSPS) is 10.4. The lowest BCUT2D eigenvalue weighted by molar-refractivity contribution is 0.0813. The first-order chi connectivity index (χ1) is 9.81. The van der Waals surface area contributed by atoms with Crippen molar-refractivity contribution in [2.24, 2.45) is 0 Å². The van der Waals surface area contributed by atoms with E-state index in [-0.39, 0.29) is 5.91 Å². The Morgan fingerprint density at radius 2 is 1.60 bits per heavy atom. The largest absolute Gasteiger partial charge is 0.311 e. The van der Waals surface area contributed by atoms with E-state index in [1.807, 2.05) is 60.7 Å². The summed E-state index contributed by atoms with van der Waals surface area (Å²) in [6.45, 7) is 4.19. The molecule has 100 valence electrons. The van der Waals surface area contributed by atoms with Crippen molar-refractivity contribution in [1.82, 2.24) is 4.90 Å². The van der Waals surface area contributed by atoms with Crippen LogP contribution in [0.3, 0.4) is 0 Å². The Bertz CT molecular complexity index is 587. The third-order valence-electron chi connectivity index (χ3n) is 2.88. The maximum Gasteiger partial charge on any atom is 0.258 e. The van der Waals surface area contributed by atoms with Crippen LogP contribution in [0.25, 0.3) is 0 Å². The fraction of sp³-hybridized carbons (Fsp3) is 0.0556. The highest BCUT2D eigenvalue weighted by Gasteiger charge is 2.13. The highest BCUT2D eigenvalue weighted by Crippen LogP contribution is 2.10. The lowest BCUT2D eigenvalue weighted by Crippen LogP contribution is -2.25. The van der Waals surface area contributed by atoms with Crippen molar-refractivity contribution in [3.8, 4) is 0 Å². The zero-order valence-electron chi connectivity index (χ0n) is 11.3. The summed E-state index contributed by atoms with van der Waals surface area (Å²) in [5.74, 6) is -0.0208. The van der Waals surface area contributed by atoms with Crippen LogP contribution in [0.2, 0.25) is 0 Å². The second kappa shape index (κ2) is 7.10. The second-order valence-corrected chi connectivity index (χ2v) is 4.36. The summed E-state index contributed by atoms with van der Waals surface area (Å²) in [6, 6.07) is 19.2. The molecule has 0 fully saturated rings. The van der Waals surface area contributed by atoms with E-state index in [9.17, 15) is 4.79 Å². The van der Waals surface area contributed by atoms with Crippen LogP contribution in [0.5, 0.6) is 0 Å². The average Bonchev–Trinajstić information content (AvgIpc) is 2.52. The van der Waals surface area contributed by atoms with Crippen molar-refractivity contribution in [3.63, 3.8) is 0 Å². The standard InChI is InChI=1S/C18H17NO/c1-2-3-14-19(15-16-10-6-4-7-11-16)18(20)17-12-8-5-9-13-17/h2-14H,1,15H2. The molecule has 0 aromatic heterocycles. The Morgan fingerprint density at radius 1 is 1.00 bits per heavy atom. The summed E-state index contributed by atoms with van der Waals surface area (Å²) < 4.78 is 0. The third-order valence-corrected chi connectivity index (χ3v) is 2.88. The van der Waals surface area contributed by atoms with Crippen LogP contribution in [0.4, 0.5) is 0 Å². The van der Waals surface area contributed by atoms with Crippen LogP contribution in [0, 0.1) is 0 Å². The zero-order chi connectivity index (χ0) is 14.2. The highest BCUT2D eigenvalue weighted by molar-refractivity contribution is 5.94. The SMILES string of the molecule is C=CC=CN(Cc1ccccc1)C(=O)c1ccccc1. The minimum absolute atomic E-state index is 0.0208. The summed E-state index contributed by atoms with van der Waals surface area (Å²) in [6.07, 6.45) is 5.19. The molecule has 0 atom stereocenters. The number of hydrogen-bond acceptors (Lipinski definition) is 1. The molecule has 0 N–H and O–H groups in total. The Labute approximate surface area is 119 Å². The molecule has 0 saturated heterocycles. The van der Waals surface area contributed by atoms with E-state index in [4.69, 9.17) is 0 Å². The predicted molar refractivity (Wildman–Crippen MR) is 82.1 cm³/mol. The molecule has 0 aliphatic rings. The van der Waals surface area contributed by atoms with Gasteiger partial charge in [0, 0.05) is 11.8 Å². The summed E-state index contributed by atoms with van der Waals surface area (Å²) in [7, 11) is 0. The summed E-state index contributed by atoms with van der Waals surface area (Å²) >= 11 is 0. The van der Waals surface area contributed by atoms with Crippen molar-refractivity contribution < 1.29 is 4.79 Å². The molecule has 0 radical (unpaired) electrons. The lowest BCUT2D eigenvalue weighted by atomic mass is 10.1. The number of nitrogens with zero attached hydrogens (tertiary/aromatic N) is 1. The molecule has 0 bridgehead atoms. The Kier molecular flexibility index (Phi) is 4.90. The first kappa shape index (κ1) is 13.8. The third kappa shape index (κ3) is 3.69. The summed E-state index contributed by atoms with van der Waals surface area (Å²) in [5, 5.41) is 0. The monoisotopic (exact) mass is 263 g/mol. The highest BCUT2D eigenvalue weighted by atomic mass is 16.2. The molecule has 0 aliphatic heterocycles. The van der Waals surface area contributed by atoms with E-state index in [2.05, 4.69) is 6.58 Å². The van der Waals surface area contributed by atoms with Gasteiger partial charge in [-0.1, -0.05) is 61.2 Å². The number of carbonyl (C=O) groups excluding carboxylic acids is 1. The Morgan fingerprint density at radius 3 is 2.20 bits per heavy atom. The molecule has 0 heterocycles. The van der Waals surface area contributed by atoms with Crippen LogP contribution < -0.4 is 0 Å². The first-order valence-electron chi connectivity index (χ1n) is 6.50. The van der Waals surface area contributed by atoms with Crippen molar-refractivity contribution in [1.29, 1.82) is 0 Å². The van der Waals surface area contributed by atoms with E-state index >= 15 is 0 Å². The van der Waals surface area contributed by atoms with Gasteiger partial charge in [0.2, 0.25) is 0 Å². The van der Waals surface area contributed by atoms with Crippen LogP contribution in [0.1, 0.15) is 15.9 Å². The molecular weight excluding hydrogens is 246 g/mol.